The molecule has 218 valence electrons. The lowest BCUT2D eigenvalue weighted by atomic mass is 9.95. The summed E-state index contributed by atoms with van der Waals surface area (Å²) in [6.07, 6.45) is 1.41. The normalized spacial score (nSPS) is 13.9. The van der Waals surface area contributed by atoms with Crippen LogP contribution in [0.3, 0.4) is 0 Å². The van der Waals surface area contributed by atoms with Gasteiger partial charge in [-0.1, -0.05) is 49.4 Å². The third-order valence-corrected chi connectivity index (χ3v) is 7.44. The number of anilines is 3. The summed E-state index contributed by atoms with van der Waals surface area (Å²) in [4.78, 5) is 31.3. The Morgan fingerprint density at radius 3 is 2.24 bits per heavy atom. The predicted molar refractivity (Wildman–Crippen MR) is 165 cm³/mol. The summed E-state index contributed by atoms with van der Waals surface area (Å²) in [6, 6.07) is 23.5. The molecule has 0 aromatic heterocycles. The highest BCUT2D eigenvalue weighted by atomic mass is 16.5. The lowest BCUT2D eigenvalue weighted by molar-refractivity contribution is -0.117. The van der Waals surface area contributed by atoms with Crippen LogP contribution in [0.15, 0.2) is 72.8 Å². The maximum atomic E-state index is 13.4. The molecule has 3 aromatic carbocycles. The Kier molecular flexibility index (Phi) is 11.0. The Bertz CT molecular complexity index is 1280. The standard InChI is InChI=1S/C33H42N4O4/c1-4-27(25-12-7-6-8-13-25)33(39)35-26-16-17-29(28(24-26)32(38)34-18-11-23-41-5-2)36-19-21-37(22-20-36)30-14-9-10-15-31(30)40-3/h6-10,12-17,24,27H,4-5,11,18-23H2,1-3H3,(H,34,38)(H,35,39). The van der Waals surface area contributed by atoms with E-state index in [1.54, 1.807) is 13.2 Å². The van der Waals surface area contributed by atoms with Crippen molar-refractivity contribution in [2.45, 2.75) is 32.6 Å². The maximum absolute atomic E-state index is 13.4. The predicted octanol–water partition coefficient (Wildman–Crippen LogP) is 5.31. The minimum Gasteiger partial charge on any atom is -0.495 e. The third kappa shape index (κ3) is 7.79. The highest BCUT2D eigenvalue weighted by Crippen LogP contribution is 2.31. The van der Waals surface area contributed by atoms with Gasteiger partial charge in [0.1, 0.15) is 5.75 Å². The summed E-state index contributed by atoms with van der Waals surface area (Å²) < 4.78 is 11.0. The monoisotopic (exact) mass is 558 g/mol. The number of nitrogens with zero attached hydrogens (tertiary/aromatic N) is 2. The number of rotatable bonds is 13. The first-order chi connectivity index (χ1) is 20.0. The first kappa shape index (κ1) is 29.9. The molecule has 0 bridgehead atoms. The molecule has 1 fully saturated rings. The summed E-state index contributed by atoms with van der Waals surface area (Å²) in [7, 11) is 1.69. The molecule has 41 heavy (non-hydrogen) atoms. The van der Waals surface area contributed by atoms with Crippen molar-refractivity contribution in [3.05, 3.63) is 83.9 Å². The third-order valence-electron chi connectivity index (χ3n) is 7.44. The van der Waals surface area contributed by atoms with E-state index in [1.165, 1.54) is 0 Å². The van der Waals surface area contributed by atoms with E-state index in [0.717, 1.165) is 55.3 Å². The Balaban J connectivity index is 1.52. The van der Waals surface area contributed by atoms with Crippen LogP contribution >= 0.6 is 0 Å². The molecule has 8 heteroatoms. The molecule has 8 nitrogen and oxygen atoms in total. The van der Waals surface area contributed by atoms with Crippen molar-refractivity contribution in [1.82, 2.24) is 5.32 Å². The van der Waals surface area contributed by atoms with Crippen molar-refractivity contribution in [3.8, 4) is 5.75 Å². The molecule has 1 aliphatic heterocycles. The molecule has 3 aromatic rings. The summed E-state index contributed by atoms with van der Waals surface area (Å²) in [5.41, 5.74) is 4.08. The molecule has 1 heterocycles. The number of amides is 2. The van der Waals surface area contributed by atoms with E-state index in [1.807, 2.05) is 74.5 Å². The lowest BCUT2D eigenvalue weighted by Crippen LogP contribution is -2.47. The maximum Gasteiger partial charge on any atom is 0.253 e. The Hall–Kier alpha value is -4.04. The fourth-order valence-electron chi connectivity index (χ4n) is 5.25. The largest absolute Gasteiger partial charge is 0.495 e. The summed E-state index contributed by atoms with van der Waals surface area (Å²) >= 11 is 0. The minimum absolute atomic E-state index is 0.0834. The number of carbonyl (C=O) groups excluding carboxylic acids is 2. The molecule has 0 radical (unpaired) electrons. The van der Waals surface area contributed by atoms with E-state index >= 15 is 0 Å². The fraction of sp³-hybridized carbons (Fsp3) is 0.394. The number of benzene rings is 3. The minimum atomic E-state index is -0.269. The Morgan fingerprint density at radius 2 is 1.56 bits per heavy atom. The fourth-order valence-corrected chi connectivity index (χ4v) is 5.25. The molecule has 1 unspecified atom stereocenters. The molecule has 0 saturated carbocycles. The van der Waals surface area contributed by atoms with Crippen molar-refractivity contribution in [2.75, 3.05) is 68.2 Å². The second-order valence-corrected chi connectivity index (χ2v) is 10.0. The Labute approximate surface area is 243 Å². The summed E-state index contributed by atoms with van der Waals surface area (Å²) in [5.74, 6) is 0.346. The van der Waals surface area contributed by atoms with Crippen LogP contribution in [0.4, 0.5) is 17.1 Å². The van der Waals surface area contributed by atoms with Crippen LogP contribution in [0.2, 0.25) is 0 Å². The first-order valence-corrected chi connectivity index (χ1v) is 14.5. The molecule has 1 atom stereocenters. The van der Waals surface area contributed by atoms with E-state index in [2.05, 4.69) is 26.5 Å². The molecule has 0 spiro atoms. The number of hydrogen-bond donors (Lipinski definition) is 2. The van der Waals surface area contributed by atoms with Crippen LogP contribution in [0.1, 0.15) is 48.5 Å². The molecule has 2 N–H and O–H groups in total. The number of methoxy groups -OCH3 is 1. The van der Waals surface area contributed by atoms with Gasteiger partial charge in [-0.25, -0.2) is 0 Å². The van der Waals surface area contributed by atoms with Gasteiger partial charge in [0.25, 0.3) is 5.91 Å². The molecule has 1 saturated heterocycles. The van der Waals surface area contributed by atoms with Gasteiger partial charge in [0.2, 0.25) is 5.91 Å². The first-order valence-electron chi connectivity index (χ1n) is 14.5. The van der Waals surface area contributed by atoms with E-state index in [9.17, 15) is 9.59 Å². The van der Waals surface area contributed by atoms with Gasteiger partial charge < -0.3 is 29.9 Å². The van der Waals surface area contributed by atoms with Gasteiger partial charge in [0.05, 0.1) is 24.3 Å². The second kappa shape index (κ2) is 15.1. The van der Waals surface area contributed by atoms with Crippen LogP contribution in [0.25, 0.3) is 0 Å². The molecule has 1 aliphatic rings. The number of hydrogen-bond acceptors (Lipinski definition) is 6. The zero-order valence-corrected chi connectivity index (χ0v) is 24.4. The smallest absolute Gasteiger partial charge is 0.253 e. The highest BCUT2D eigenvalue weighted by molar-refractivity contribution is 6.03. The van der Waals surface area contributed by atoms with Gasteiger partial charge in [-0.15, -0.1) is 0 Å². The molecular formula is C33H42N4O4. The van der Waals surface area contributed by atoms with Crippen LogP contribution in [-0.2, 0) is 9.53 Å². The van der Waals surface area contributed by atoms with Gasteiger partial charge in [0.15, 0.2) is 0 Å². The van der Waals surface area contributed by atoms with Crippen molar-refractivity contribution in [3.63, 3.8) is 0 Å². The van der Waals surface area contributed by atoms with E-state index in [4.69, 9.17) is 9.47 Å². The van der Waals surface area contributed by atoms with Gasteiger partial charge >= 0.3 is 0 Å². The number of ether oxygens (including phenoxy) is 2. The lowest BCUT2D eigenvalue weighted by Gasteiger charge is -2.38. The van der Waals surface area contributed by atoms with Gasteiger partial charge in [0, 0.05) is 57.3 Å². The number of piperazine rings is 1. The molecular weight excluding hydrogens is 516 g/mol. The summed E-state index contributed by atoms with van der Waals surface area (Å²) in [5, 5.41) is 6.10. The van der Waals surface area contributed by atoms with Crippen LogP contribution in [0.5, 0.6) is 5.75 Å². The van der Waals surface area contributed by atoms with E-state index in [0.29, 0.717) is 37.4 Å². The van der Waals surface area contributed by atoms with Gasteiger partial charge in [-0.2, -0.15) is 0 Å². The second-order valence-electron chi connectivity index (χ2n) is 10.0. The number of para-hydroxylation sites is 2. The van der Waals surface area contributed by atoms with Crippen molar-refractivity contribution in [1.29, 1.82) is 0 Å². The van der Waals surface area contributed by atoms with Crippen molar-refractivity contribution >= 4 is 28.9 Å². The average molecular weight is 559 g/mol. The quantitative estimate of drug-likeness (QED) is 0.277. The van der Waals surface area contributed by atoms with Crippen LogP contribution in [-0.4, -0.2) is 64.9 Å². The van der Waals surface area contributed by atoms with Crippen LogP contribution < -0.4 is 25.2 Å². The van der Waals surface area contributed by atoms with E-state index < -0.39 is 0 Å². The van der Waals surface area contributed by atoms with Crippen molar-refractivity contribution < 1.29 is 19.1 Å². The SMILES string of the molecule is CCOCCCNC(=O)c1cc(NC(=O)C(CC)c2ccccc2)ccc1N1CCN(c2ccccc2OC)CC1. The zero-order valence-electron chi connectivity index (χ0n) is 24.4. The highest BCUT2D eigenvalue weighted by Gasteiger charge is 2.25. The van der Waals surface area contributed by atoms with E-state index in [-0.39, 0.29) is 17.7 Å². The van der Waals surface area contributed by atoms with Gasteiger partial charge in [-0.05, 0) is 55.7 Å². The summed E-state index contributed by atoms with van der Waals surface area (Å²) in [6.45, 7) is 8.83. The number of carbonyl (C=O) groups is 2. The van der Waals surface area contributed by atoms with Crippen molar-refractivity contribution in [2.24, 2.45) is 0 Å². The van der Waals surface area contributed by atoms with Crippen LogP contribution in [0, 0.1) is 0 Å². The Morgan fingerprint density at radius 1 is 0.878 bits per heavy atom. The topological polar surface area (TPSA) is 83.1 Å². The molecule has 0 aliphatic carbocycles. The number of nitrogens with one attached hydrogen (secondary N) is 2. The zero-order chi connectivity index (χ0) is 29.0. The average Bonchev–Trinajstić information content (AvgIpc) is 3.02. The molecule has 2 amide bonds. The van der Waals surface area contributed by atoms with Gasteiger partial charge in [-0.3, -0.25) is 9.59 Å². The molecule has 4 rings (SSSR count).